The molecule has 0 aromatic heterocycles. The molecule has 0 aliphatic rings. The fourth-order valence-corrected chi connectivity index (χ4v) is 4.14. The molecular formula is C17H26O4P+. The lowest BCUT2D eigenvalue weighted by Gasteiger charge is -2.20. The van der Waals surface area contributed by atoms with Gasteiger partial charge in [0.15, 0.2) is 0 Å². The zero-order valence-electron chi connectivity index (χ0n) is 13.6. The third kappa shape index (κ3) is 5.19. The van der Waals surface area contributed by atoms with Crippen LogP contribution < -0.4 is 0 Å². The SMILES string of the molecule is CO[P+](=O)C(CCCCc1ccccc1)(CC(C)C)C(=O)O. The van der Waals surface area contributed by atoms with Crippen molar-refractivity contribution in [3.05, 3.63) is 35.9 Å². The van der Waals surface area contributed by atoms with Crippen LogP contribution in [0.3, 0.4) is 0 Å². The van der Waals surface area contributed by atoms with Crippen LogP contribution in [0, 0.1) is 5.92 Å². The lowest BCUT2D eigenvalue weighted by atomic mass is 9.90. The fourth-order valence-electron chi connectivity index (χ4n) is 2.78. The summed E-state index contributed by atoms with van der Waals surface area (Å²) in [6, 6.07) is 10.1. The van der Waals surface area contributed by atoms with E-state index in [1.807, 2.05) is 32.0 Å². The van der Waals surface area contributed by atoms with Crippen molar-refractivity contribution in [2.45, 2.75) is 51.1 Å². The monoisotopic (exact) mass is 325 g/mol. The van der Waals surface area contributed by atoms with Crippen LogP contribution in [0.4, 0.5) is 0 Å². The number of carbonyl (C=O) groups is 1. The van der Waals surface area contributed by atoms with E-state index in [1.165, 1.54) is 12.7 Å². The van der Waals surface area contributed by atoms with Gasteiger partial charge in [-0.15, -0.1) is 4.52 Å². The molecule has 0 bridgehead atoms. The van der Waals surface area contributed by atoms with Crippen molar-refractivity contribution < 1.29 is 19.0 Å². The Morgan fingerprint density at radius 3 is 2.41 bits per heavy atom. The van der Waals surface area contributed by atoms with E-state index in [-0.39, 0.29) is 5.92 Å². The largest absolute Gasteiger partial charge is 0.526 e. The van der Waals surface area contributed by atoms with Gasteiger partial charge in [0.2, 0.25) is 0 Å². The summed E-state index contributed by atoms with van der Waals surface area (Å²) in [4.78, 5) is 11.8. The number of hydrogen-bond acceptors (Lipinski definition) is 3. The second-order valence-corrected chi connectivity index (χ2v) is 7.80. The van der Waals surface area contributed by atoms with E-state index in [4.69, 9.17) is 4.52 Å². The highest BCUT2D eigenvalue weighted by Crippen LogP contribution is 2.47. The van der Waals surface area contributed by atoms with Crippen LogP contribution in [0.25, 0.3) is 0 Å². The molecule has 1 N–H and O–H groups in total. The molecule has 0 fully saturated rings. The summed E-state index contributed by atoms with van der Waals surface area (Å²) in [6.07, 6.45) is 3.26. The number of aryl methyl sites for hydroxylation is 1. The molecule has 0 heterocycles. The van der Waals surface area contributed by atoms with Crippen LogP contribution in [0.15, 0.2) is 30.3 Å². The number of carboxylic acid groups (broad SMARTS) is 1. The lowest BCUT2D eigenvalue weighted by Crippen LogP contribution is -2.37. The zero-order valence-corrected chi connectivity index (χ0v) is 14.5. The average Bonchev–Trinajstić information content (AvgIpc) is 2.49. The van der Waals surface area contributed by atoms with Crippen LogP contribution in [-0.4, -0.2) is 23.3 Å². The molecule has 0 aliphatic heterocycles. The Labute approximate surface area is 133 Å². The van der Waals surface area contributed by atoms with Crippen molar-refractivity contribution in [1.82, 2.24) is 0 Å². The summed E-state index contributed by atoms with van der Waals surface area (Å²) in [6.45, 7) is 3.89. The fraction of sp³-hybridized carbons (Fsp3) is 0.588. The highest BCUT2D eigenvalue weighted by molar-refractivity contribution is 7.42. The zero-order chi connectivity index (χ0) is 16.6. The summed E-state index contributed by atoms with van der Waals surface area (Å²) in [5.41, 5.74) is 1.24. The number of rotatable bonds is 10. The van der Waals surface area contributed by atoms with Crippen molar-refractivity contribution in [3.63, 3.8) is 0 Å². The highest BCUT2D eigenvalue weighted by atomic mass is 31.1. The first kappa shape index (κ1) is 18.8. The molecule has 22 heavy (non-hydrogen) atoms. The predicted molar refractivity (Wildman–Crippen MR) is 88.4 cm³/mol. The summed E-state index contributed by atoms with van der Waals surface area (Å²) in [5.74, 6) is -0.858. The van der Waals surface area contributed by atoms with E-state index >= 15 is 0 Å². The summed E-state index contributed by atoms with van der Waals surface area (Å²) >= 11 is 0. The molecule has 1 aromatic carbocycles. The standard InChI is InChI=1S/C17H25O4P/c1-14(2)13-17(16(18)19,22(20)21-3)12-8-7-11-15-9-5-4-6-10-15/h4-6,9-10,14H,7-8,11-13H2,1-3H3/p+1. The van der Waals surface area contributed by atoms with Gasteiger partial charge in [-0.1, -0.05) is 44.2 Å². The second kappa shape index (κ2) is 9.02. The van der Waals surface area contributed by atoms with Crippen LogP contribution in [-0.2, 0) is 20.3 Å². The Balaban J connectivity index is 2.68. The molecule has 1 aromatic rings. The van der Waals surface area contributed by atoms with E-state index in [0.717, 1.165) is 19.3 Å². The van der Waals surface area contributed by atoms with Crippen molar-refractivity contribution >= 4 is 14.0 Å². The molecule has 4 nitrogen and oxygen atoms in total. The molecule has 2 unspecified atom stereocenters. The van der Waals surface area contributed by atoms with E-state index in [2.05, 4.69) is 12.1 Å². The molecule has 1 rings (SSSR count). The van der Waals surface area contributed by atoms with Crippen molar-refractivity contribution in [2.24, 2.45) is 5.92 Å². The van der Waals surface area contributed by atoms with Gasteiger partial charge in [-0.05, 0) is 35.3 Å². The Morgan fingerprint density at radius 1 is 1.27 bits per heavy atom. The Kier molecular flexibility index (Phi) is 7.70. The van der Waals surface area contributed by atoms with Crippen molar-refractivity contribution in [1.29, 1.82) is 0 Å². The smallest absolute Gasteiger partial charge is 0.478 e. The molecule has 0 saturated heterocycles. The Morgan fingerprint density at radius 2 is 1.91 bits per heavy atom. The summed E-state index contributed by atoms with van der Waals surface area (Å²) < 4.78 is 17.1. The molecular weight excluding hydrogens is 299 g/mol. The van der Waals surface area contributed by atoms with E-state index in [0.29, 0.717) is 12.8 Å². The minimum atomic E-state index is -2.22. The second-order valence-electron chi connectivity index (χ2n) is 6.07. The van der Waals surface area contributed by atoms with Gasteiger partial charge in [0.05, 0.1) is 7.11 Å². The summed E-state index contributed by atoms with van der Waals surface area (Å²) in [7, 11) is -0.898. The topological polar surface area (TPSA) is 63.6 Å². The van der Waals surface area contributed by atoms with E-state index in [1.54, 1.807) is 0 Å². The maximum absolute atomic E-state index is 12.2. The molecule has 2 atom stereocenters. The Hall–Kier alpha value is -1.25. The van der Waals surface area contributed by atoms with Gasteiger partial charge in [0, 0.05) is 12.8 Å². The van der Waals surface area contributed by atoms with Crippen molar-refractivity contribution in [3.8, 4) is 0 Å². The van der Waals surface area contributed by atoms with Crippen molar-refractivity contribution in [2.75, 3.05) is 7.11 Å². The summed E-state index contributed by atoms with van der Waals surface area (Å²) in [5, 5.41) is 8.36. The quantitative estimate of drug-likeness (QED) is 0.502. The first-order chi connectivity index (χ1) is 10.4. The first-order valence-electron chi connectivity index (χ1n) is 7.71. The van der Waals surface area contributed by atoms with Gasteiger partial charge in [-0.2, -0.15) is 0 Å². The number of benzene rings is 1. The minimum Gasteiger partial charge on any atom is -0.478 e. The van der Waals surface area contributed by atoms with Gasteiger partial charge < -0.3 is 5.11 Å². The highest BCUT2D eigenvalue weighted by Gasteiger charge is 2.57. The van der Waals surface area contributed by atoms with Crippen LogP contribution in [0.2, 0.25) is 0 Å². The molecule has 0 aliphatic carbocycles. The molecule has 0 radical (unpaired) electrons. The first-order valence-corrected chi connectivity index (χ1v) is 8.89. The van der Waals surface area contributed by atoms with Gasteiger partial charge in [-0.3, -0.25) is 0 Å². The average molecular weight is 325 g/mol. The third-order valence-corrected chi connectivity index (χ3v) is 5.44. The van der Waals surface area contributed by atoms with Crippen LogP contribution >= 0.6 is 8.03 Å². The van der Waals surface area contributed by atoms with Crippen LogP contribution in [0.1, 0.15) is 45.1 Å². The Bertz CT molecular complexity index is 487. The number of carboxylic acids is 1. The number of unbranched alkanes of at least 4 members (excludes halogenated alkanes) is 1. The number of hydrogen-bond donors (Lipinski definition) is 1. The third-order valence-electron chi connectivity index (χ3n) is 3.81. The molecule has 0 amide bonds. The predicted octanol–water partition coefficient (Wildman–Crippen LogP) is 4.66. The molecule has 0 spiro atoms. The van der Waals surface area contributed by atoms with Gasteiger partial charge in [0.25, 0.3) is 5.16 Å². The van der Waals surface area contributed by atoms with Crippen LogP contribution in [0.5, 0.6) is 0 Å². The van der Waals surface area contributed by atoms with Gasteiger partial charge in [-0.25, -0.2) is 4.79 Å². The lowest BCUT2D eigenvalue weighted by molar-refractivity contribution is -0.141. The molecule has 0 saturated carbocycles. The normalized spacial score (nSPS) is 14.6. The van der Waals surface area contributed by atoms with E-state index < -0.39 is 19.2 Å². The molecule has 122 valence electrons. The maximum Gasteiger partial charge on any atom is 0.526 e. The van der Waals surface area contributed by atoms with Gasteiger partial charge >= 0.3 is 14.0 Å². The van der Waals surface area contributed by atoms with Gasteiger partial charge in [0.1, 0.15) is 0 Å². The van der Waals surface area contributed by atoms with E-state index in [9.17, 15) is 14.5 Å². The minimum absolute atomic E-state index is 0.152. The maximum atomic E-state index is 12.2. The number of aliphatic carboxylic acids is 1. The molecule has 5 heteroatoms.